The largest absolute Gasteiger partial charge is 0.396 e. The Balaban J connectivity index is 1.86. The minimum Gasteiger partial charge on any atom is -0.396 e. The van der Waals surface area contributed by atoms with E-state index < -0.39 is 0 Å². The molecular formula is C17H29N3O2. The number of aromatic nitrogens is 1. The van der Waals surface area contributed by atoms with Gasteiger partial charge in [-0.3, -0.25) is 4.79 Å². The number of rotatable bonds is 7. The van der Waals surface area contributed by atoms with Crippen molar-refractivity contribution in [2.75, 3.05) is 27.2 Å². The molecule has 2 rings (SSSR count). The first-order valence-electron chi connectivity index (χ1n) is 8.27. The van der Waals surface area contributed by atoms with Gasteiger partial charge >= 0.3 is 0 Å². The Morgan fingerprint density at radius 3 is 2.68 bits per heavy atom. The predicted octanol–water partition coefficient (Wildman–Crippen LogP) is 2.14. The van der Waals surface area contributed by atoms with Crippen LogP contribution in [0.25, 0.3) is 0 Å². The molecule has 124 valence electrons. The average molecular weight is 307 g/mol. The highest BCUT2D eigenvalue weighted by Crippen LogP contribution is 2.38. The van der Waals surface area contributed by atoms with E-state index in [-0.39, 0.29) is 17.9 Å². The van der Waals surface area contributed by atoms with Crippen molar-refractivity contribution in [2.24, 2.45) is 5.41 Å². The molecule has 1 aromatic rings. The summed E-state index contributed by atoms with van der Waals surface area (Å²) in [4.78, 5) is 16.6. The number of aliphatic hydroxyl groups is 1. The minimum atomic E-state index is -0.00437. The van der Waals surface area contributed by atoms with Crippen molar-refractivity contribution in [1.29, 1.82) is 0 Å². The quantitative estimate of drug-likeness (QED) is 0.723. The molecule has 0 unspecified atom stereocenters. The number of nitrogens with one attached hydrogen (secondary N) is 2. The second-order valence-corrected chi connectivity index (χ2v) is 6.73. The number of aliphatic hydroxyl groups excluding tert-OH is 1. The summed E-state index contributed by atoms with van der Waals surface area (Å²) in [6.07, 6.45) is 7.15. The van der Waals surface area contributed by atoms with Crippen molar-refractivity contribution in [3.05, 3.63) is 23.5 Å². The summed E-state index contributed by atoms with van der Waals surface area (Å²) in [7, 11) is 3.51. The number of amides is 1. The third-order valence-corrected chi connectivity index (χ3v) is 4.75. The van der Waals surface area contributed by atoms with E-state index >= 15 is 0 Å². The molecule has 22 heavy (non-hydrogen) atoms. The van der Waals surface area contributed by atoms with Gasteiger partial charge in [0.25, 0.3) is 5.91 Å². The molecule has 3 N–H and O–H groups in total. The van der Waals surface area contributed by atoms with E-state index in [1.54, 1.807) is 19.0 Å². The summed E-state index contributed by atoms with van der Waals surface area (Å²) in [5, 5.41) is 12.9. The SMILES string of the molecule is CN(C)C(=O)c1ccc(CNCC2(CCO)CCCCC2)[nH]1. The van der Waals surface area contributed by atoms with Crippen molar-refractivity contribution < 1.29 is 9.90 Å². The number of H-pyrrole nitrogens is 1. The molecule has 1 fully saturated rings. The number of carbonyl (C=O) groups excluding carboxylic acids is 1. The summed E-state index contributed by atoms with van der Waals surface area (Å²) < 4.78 is 0. The summed E-state index contributed by atoms with van der Waals surface area (Å²) in [5.41, 5.74) is 1.91. The van der Waals surface area contributed by atoms with Gasteiger partial charge in [0.2, 0.25) is 0 Å². The van der Waals surface area contributed by atoms with Crippen LogP contribution in [-0.2, 0) is 6.54 Å². The van der Waals surface area contributed by atoms with Crippen molar-refractivity contribution in [2.45, 2.75) is 45.1 Å². The fraction of sp³-hybridized carbons (Fsp3) is 0.706. The second kappa shape index (κ2) is 7.79. The molecular weight excluding hydrogens is 278 g/mol. The number of hydrogen-bond acceptors (Lipinski definition) is 3. The molecule has 0 aromatic carbocycles. The number of aromatic amines is 1. The average Bonchev–Trinajstić information content (AvgIpc) is 2.96. The van der Waals surface area contributed by atoms with Crippen LogP contribution >= 0.6 is 0 Å². The van der Waals surface area contributed by atoms with E-state index in [0.717, 1.165) is 25.2 Å². The summed E-state index contributed by atoms with van der Waals surface area (Å²) in [6, 6.07) is 3.80. The topological polar surface area (TPSA) is 68.4 Å². The zero-order valence-electron chi connectivity index (χ0n) is 13.8. The molecule has 1 aliphatic carbocycles. The lowest BCUT2D eigenvalue weighted by molar-refractivity contribution is 0.0822. The van der Waals surface area contributed by atoms with Crippen LogP contribution in [0.15, 0.2) is 12.1 Å². The third-order valence-electron chi connectivity index (χ3n) is 4.75. The van der Waals surface area contributed by atoms with Gasteiger partial charge in [-0.05, 0) is 36.8 Å². The fourth-order valence-corrected chi connectivity index (χ4v) is 3.43. The Hall–Kier alpha value is -1.33. The van der Waals surface area contributed by atoms with Crippen LogP contribution in [0.1, 0.15) is 54.7 Å². The molecule has 1 aromatic heterocycles. The maximum Gasteiger partial charge on any atom is 0.269 e. The van der Waals surface area contributed by atoms with Gasteiger partial charge < -0.3 is 20.3 Å². The minimum absolute atomic E-state index is 0.00437. The van der Waals surface area contributed by atoms with Gasteiger partial charge in [-0.15, -0.1) is 0 Å². The molecule has 0 spiro atoms. The van der Waals surface area contributed by atoms with Gasteiger partial charge in [0.15, 0.2) is 0 Å². The van der Waals surface area contributed by atoms with Gasteiger partial charge in [-0.2, -0.15) is 0 Å². The lowest BCUT2D eigenvalue weighted by atomic mass is 9.72. The lowest BCUT2D eigenvalue weighted by Gasteiger charge is -2.37. The van der Waals surface area contributed by atoms with Gasteiger partial charge in [0.05, 0.1) is 0 Å². The Morgan fingerprint density at radius 2 is 2.05 bits per heavy atom. The highest BCUT2D eigenvalue weighted by atomic mass is 16.3. The number of hydrogen-bond donors (Lipinski definition) is 3. The standard InChI is InChI=1S/C17H29N3O2/c1-20(2)16(22)15-7-6-14(19-15)12-18-13-17(10-11-21)8-4-3-5-9-17/h6-7,18-19,21H,3-5,8-13H2,1-2H3. The fourth-order valence-electron chi connectivity index (χ4n) is 3.43. The van der Waals surface area contributed by atoms with Crippen LogP contribution in [0.2, 0.25) is 0 Å². The normalized spacial score (nSPS) is 17.4. The van der Waals surface area contributed by atoms with Gasteiger partial charge in [-0.1, -0.05) is 19.3 Å². The van der Waals surface area contributed by atoms with E-state index in [2.05, 4.69) is 10.3 Å². The molecule has 0 bridgehead atoms. The summed E-state index contributed by atoms with van der Waals surface area (Å²) >= 11 is 0. The van der Waals surface area contributed by atoms with E-state index in [1.165, 1.54) is 32.1 Å². The molecule has 1 amide bonds. The first-order chi connectivity index (χ1) is 10.6. The molecule has 1 heterocycles. The van der Waals surface area contributed by atoms with E-state index in [9.17, 15) is 9.90 Å². The van der Waals surface area contributed by atoms with E-state index in [1.807, 2.05) is 12.1 Å². The van der Waals surface area contributed by atoms with Crippen LogP contribution in [0.4, 0.5) is 0 Å². The van der Waals surface area contributed by atoms with Crippen LogP contribution in [-0.4, -0.2) is 48.1 Å². The van der Waals surface area contributed by atoms with Gasteiger partial charge in [-0.25, -0.2) is 0 Å². The van der Waals surface area contributed by atoms with Crippen molar-refractivity contribution in [3.8, 4) is 0 Å². The van der Waals surface area contributed by atoms with Crippen molar-refractivity contribution in [3.63, 3.8) is 0 Å². The molecule has 5 nitrogen and oxygen atoms in total. The zero-order valence-corrected chi connectivity index (χ0v) is 13.8. The monoisotopic (exact) mass is 307 g/mol. The first-order valence-corrected chi connectivity index (χ1v) is 8.27. The van der Waals surface area contributed by atoms with Crippen molar-refractivity contribution >= 4 is 5.91 Å². The van der Waals surface area contributed by atoms with Crippen molar-refractivity contribution in [1.82, 2.24) is 15.2 Å². The highest BCUT2D eigenvalue weighted by Gasteiger charge is 2.30. The second-order valence-electron chi connectivity index (χ2n) is 6.73. The molecule has 0 aliphatic heterocycles. The molecule has 0 saturated heterocycles. The van der Waals surface area contributed by atoms with Gasteiger partial charge in [0, 0.05) is 39.5 Å². The van der Waals surface area contributed by atoms with Crippen LogP contribution < -0.4 is 5.32 Å². The first kappa shape index (κ1) is 17.0. The molecule has 1 saturated carbocycles. The molecule has 5 heteroatoms. The number of nitrogens with zero attached hydrogens (tertiary/aromatic N) is 1. The lowest BCUT2D eigenvalue weighted by Crippen LogP contribution is -2.36. The molecule has 0 radical (unpaired) electrons. The van der Waals surface area contributed by atoms with Crippen LogP contribution in [0.3, 0.4) is 0 Å². The van der Waals surface area contributed by atoms with Crippen LogP contribution in [0.5, 0.6) is 0 Å². The third kappa shape index (κ3) is 4.34. The zero-order chi connectivity index (χ0) is 16.0. The maximum atomic E-state index is 11.9. The Kier molecular flexibility index (Phi) is 6.03. The maximum absolute atomic E-state index is 11.9. The number of carbonyl (C=O) groups is 1. The van der Waals surface area contributed by atoms with Crippen LogP contribution in [0, 0.1) is 5.41 Å². The highest BCUT2D eigenvalue weighted by molar-refractivity contribution is 5.92. The van der Waals surface area contributed by atoms with E-state index in [0.29, 0.717) is 5.69 Å². The summed E-state index contributed by atoms with van der Waals surface area (Å²) in [6.45, 7) is 1.93. The molecule has 0 atom stereocenters. The Bertz CT molecular complexity index is 470. The Labute approximate surface area is 133 Å². The summed E-state index contributed by atoms with van der Waals surface area (Å²) in [5.74, 6) is -0.00437. The molecule has 1 aliphatic rings. The Morgan fingerprint density at radius 1 is 1.32 bits per heavy atom. The predicted molar refractivity (Wildman–Crippen MR) is 87.7 cm³/mol. The van der Waals surface area contributed by atoms with Gasteiger partial charge in [0.1, 0.15) is 5.69 Å². The smallest absolute Gasteiger partial charge is 0.269 e. The van der Waals surface area contributed by atoms with E-state index in [4.69, 9.17) is 0 Å².